The molecule has 1 rings (SSSR count). The van der Waals surface area contributed by atoms with Gasteiger partial charge in [0.05, 0.1) is 0 Å². The first kappa shape index (κ1) is 15.8. The van der Waals surface area contributed by atoms with Crippen LogP contribution in [0.25, 0.3) is 6.08 Å². The minimum atomic E-state index is -1.21. The predicted molar refractivity (Wildman–Crippen MR) is 79.0 cm³/mol. The highest BCUT2D eigenvalue weighted by molar-refractivity contribution is 5.95. The second-order valence-electron chi connectivity index (χ2n) is 4.58. The molecule has 1 amide bonds. The van der Waals surface area contributed by atoms with E-state index in [1.807, 2.05) is 0 Å². The smallest absolute Gasteiger partial charge is 0.329 e. The van der Waals surface area contributed by atoms with Crippen molar-refractivity contribution in [1.82, 2.24) is 5.32 Å². The summed E-state index contributed by atoms with van der Waals surface area (Å²) in [7, 11) is 0. The standard InChI is InChI=1S/C15H20N2O3/c1-3-15(4-2,14(19)20)17-13(18)10-7-11-5-8-12(16)9-6-11/h5-10H,3-4,16H2,1-2H3,(H,17,18)(H,19,20)/b10-7+. The first-order chi connectivity index (χ1) is 9.43. The van der Waals surface area contributed by atoms with Gasteiger partial charge in [0, 0.05) is 11.8 Å². The van der Waals surface area contributed by atoms with Gasteiger partial charge >= 0.3 is 5.97 Å². The van der Waals surface area contributed by atoms with Gasteiger partial charge in [0.15, 0.2) is 0 Å². The molecule has 0 spiro atoms. The molecule has 5 nitrogen and oxygen atoms in total. The lowest BCUT2D eigenvalue weighted by Gasteiger charge is -2.27. The number of nitrogens with one attached hydrogen (secondary N) is 1. The second kappa shape index (κ2) is 6.75. The van der Waals surface area contributed by atoms with E-state index in [-0.39, 0.29) is 0 Å². The van der Waals surface area contributed by atoms with Gasteiger partial charge in [-0.15, -0.1) is 0 Å². The Morgan fingerprint density at radius 2 is 1.80 bits per heavy atom. The predicted octanol–water partition coefficient (Wildman–Crippen LogP) is 2.04. The fourth-order valence-electron chi connectivity index (χ4n) is 1.84. The number of carbonyl (C=O) groups is 2. The number of hydrogen-bond acceptors (Lipinski definition) is 3. The zero-order chi connectivity index (χ0) is 15.2. The molecule has 0 aromatic heterocycles. The molecule has 20 heavy (non-hydrogen) atoms. The SMILES string of the molecule is CCC(CC)(NC(=O)/C=C/c1ccc(N)cc1)C(=O)O. The van der Waals surface area contributed by atoms with Crippen LogP contribution in [0.2, 0.25) is 0 Å². The molecule has 4 N–H and O–H groups in total. The van der Waals surface area contributed by atoms with Gasteiger partial charge < -0.3 is 16.2 Å². The zero-order valence-corrected chi connectivity index (χ0v) is 11.7. The lowest BCUT2D eigenvalue weighted by Crippen LogP contribution is -2.53. The van der Waals surface area contributed by atoms with Crippen molar-refractivity contribution >= 4 is 23.6 Å². The quantitative estimate of drug-likeness (QED) is 0.547. The summed E-state index contributed by atoms with van der Waals surface area (Å²) in [6.45, 7) is 3.48. The summed E-state index contributed by atoms with van der Waals surface area (Å²) in [4.78, 5) is 23.1. The first-order valence-corrected chi connectivity index (χ1v) is 6.52. The Kier molecular flexibility index (Phi) is 5.32. The minimum absolute atomic E-state index is 0.334. The molecule has 0 heterocycles. The fourth-order valence-corrected chi connectivity index (χ4v) is 1.84. The van der Waals surface area contributed by atoms with E-state index in [4.69, 9.17) is 5.73 Å². The Hall–Kier alpha value is -2.30. The van der Waals surface area contributed by atoms with E-state index in [2.05, 4.69) is 5.32 Å². The highest BCUT2D eigenvalue weighted by Crippen LogP contribution is 2.15. The number of carboxylic acids is 1. The Morgan fingerprint density at radius 1 is 1.25 bits per heavy atom. The Morgan fingerprint density at radius 3 is 2.25 bits per heavy atom. The van der Waals surface area contributed by atoms with Crippen molar-refractivity contribution in [3.8, 4) is 0 Å². The van der Waals surface area contributed by atoms with Gasteiger partial charge in [-0.1, -0.05) is 26.0 Å². The summed E-state index contributed by atoms with van der Waals surface area (Å²) >= 11 is 0. The van der Waals surface area contributed by atoms with E-state index >= 15 is 0 Å². The van der Waals surface area contributed by atoms with E-state index in [1.54, 1.807) is 44.2 Å². The molecule has 0 atom stereocenters. The monoisotopic (exact) mass is 276 g/mol. The lowest BCUT2D eigenvalue weighted by atomic mass is 9.93. The largest absolute Gasteiger partial charge is 0.480 e. The molecule has 0 radical (unpaired) electrons. The number of anilines is 1. The molecular weight excluding hydrogens is 256 g/mol. The highest BCUT2D eigenvalue weighted by atomic mass is 16.4. The third-order valence-corrected chi connectivity index (χ3v) is 3.34. The van der Waals surface area contributed by atoms with E-state index in [0.717, 1.165) is 5.56 Å². The van der Waals surface area contributed by atoms with Crippen LogP contribution in [0.5, 0.6) is 0 Å². The molecule has 108 valence electrons. The normalized spacial score (nSPS) is 11.5. The van der Waals surface area contributed by atoms with Crippen molar-refractivity contribution < 1.29 is 14.7 Å². The zero-order valence-electron chi connectivity index (χ0n) is 11.7. The molecule has 0 fully saturated rings. The molecule has 0 unspecified atom stereocenters. The van der Waals surface area contributed by atoms with Crippen molar-refractivity contribution in [1.29, 1.82) is 0 Å². The molecule has 0 bridgehead atoms. The first-order valence-electron chi connectivity index (χ1n) is 6.52. The number of carboxylic acid groups (broad SMARTS) is 1. The number of nitrogen functional groups attached to an aromatic ring is 1. The molecule has 1 aromatic rings. The van der Waals surface area contributed by atoms with Crippen LogP contribution in [-0.4, -0.2) is 22.5 Å². The van der Waals surface area contributed by atoms with Gasteiger partial charge in [-0.2, -0.15) is 0 Å². The number of carbonyl (C=O) groups excluding carboxylic acids is 1. The lowest BCUT2D eigenvalue weighted by molar-refractivity contribution is -0.147. The molecule has 1 aromatic carbocycles. The Bertz CT molecular complexity index is 502. The molecular formula is C15H20N2O3. The van der Waals surface area contributed by atoms with Gasteiger partial charge in [-0.3, -0.25) is 4.79 Å². The van der Waals surface area contributed by atoms with Crippen LogP contribution < -0.4 is 11.1 Å². The van der Waals surface area contributed by atoms with Crippen LogP contribution in [0.3, 0.4) is 0 Å². The summed E-state index contributed by atoms with van der Waals surface area (Å²) < 4.78 is 0. The number of hydrogen-bond donors (Lipinski definition) is 3. The van der Waals surface area contributed by atoms with E-state index in [9.17, 15) is 14.7 Å². The second-order valence-corrected chi connectivity index (χ2v) is 4.58. The molecule has 0 aliphatic rings. The molecule has 0 aliphatic carbocycles. The van der Waals surface area contributed by atoms with Crippen LogP contribution >= 0.6 is 0 Å². The van der Waals surface area contributed by atoms with Gasteiger partial charge in [-0.05, 0) is 36.6 Å². The van der Waals surface area contributed by atoms with E-state index in [1.165, 1.54) is 6.08 Å². The third-order valence-electron chi connectivity index (χ3n) is 3.34. The van der Waals surface area contributed by atoms with Crippen LogP contribution in [0.15, 0.2) is 30.3 Å². The van der Waals surface area contributed by atoms with Gasteiger partial charge in [0.25, 0.3) is 0 Å². The van der Waals surface area contributed by atoms with Crippen LogP contribution in [0.1, 0.15) is 32.3 Å². The van der Waals surface area contributed by atoms with Crippen molar-refractivity contribution in [3.05, 3.63) is 35.9 Å². The minimum Gasteiger partial charge on any atom is -0.480 e. The highest BCUT2D eigenvalue weighted by Gasteiger charge is 2.35. The van der Waals surface area contributed by atoms with Crippen molar-refractivity contribution in [3.63, 3.8) is 0 Å². The molecule has 0 saturated heterocycles. The summed E-state index contributed by atoms with van der Waals surface area (Å²) in [5.41, 5.74) is 5.83. The maximum Gasteiger partial charge on any atom is 0.329 e. The number of nitrogens with two attached hydrogens (primary N) is 1. The van der Waals surface area contributed by atoms with Gasteiger partial charge in [-0.25, -0.2) is 4.79 Å². The molecule has 0 saturated carbocycles. The number of amides is 1. The molecule has 0 aliphatic heterocycles. The summed E-state index contributed by atoms with van der Waals surface area (Å²) in [6.07, 6.45) is 3.61. The Labute approximate surface area is 118 Å². The fraction of sp³-hybridized carbons (Fsp3) is 0.333. The van der Waals surface area contributed by atoms with Gasteiger partial charge in [0.2, 0.25) is 5.91 Å². The molecule has 5 heteroatoms. The number of rotatable bonds is 6. The van der Waals surface area contributed by atoms with E-state index < -0.39 is 17.4 Å². The maximum absolute atomic E-state index is 11.8. The Balaban J connectivity index is 2.76. The van der Waals surface area contributed by atoms with Crippen molar-refractivity contribution in [2.24, 2.45) is 0 Å². The summed E-state index contributed by atoms with van der Waals surface area (Å²) in [5.74, 6) is -1.44. The maximum atomic E-state index is 11.8. The topological polar surface area (TPSA) is 92.4 Å². The number of benzene rings is 1. The third kappa shape index (κ3) is 3.85. The van der Waals surface area contributed by atoms with Gasteiger partial charge in [0.1, 0.15) is 5.54 Å². The van der Waals surface area contributed by atoms with Crippen molar-refractivity contribution in [2.45, 2.75) is 32.2 Å². The average Bonchev–Trinajstić information content (AvgIpc) is 2.44. The van der Waals surface area contributed by atoms with Crippen LogP contribution in [-0.2, 0) is 9.59 Å². The van der Waals surface area contributed by atoms with Crippen LogP contribution in [0, 0.1) is 0 Å². The van der Waals surface area contributed by atoms with Crippen molar-refractivity contribution in [2.75, 3.05) is 5.73 Å². The number of aliphatic carboxylic acids is 1. The summed E-state index contributed by atoms with van der Waals surface area (Å²) in [6, 6.07) is 7.03. The van der Waals surface area contributed by atoms with Crippen LogP contribution in [0.4, 0.5) is 5.69 Å². The van der Waals surface area contributed by atoms with E-state index in [0.29, 0.717) is 18.5 Å². The summed E-state index contributed by atoms with van der Waals surface area (Å²) in [5, 5.41) is 11.8. The average molecular weight is 276 g/mol.